The third kappa shape index (κ3) is 6.82. The second kappa shape index (κ2) is 11.4. The van der Waals surface area contributed by atoms with Gasteiger partial charge in [-0.25, -0.2) is 0 Å². The first-order valence-electron chi connectivity index (χ1n) is 13.1. The van der Waals surface area contributed by atoms with Crippen LogP contribution < -0.4 is 0 Å². The zero-order chi connectivity index (χ0) is 26.8. The van der Waals surface area contributed by atoms with Gasteiger partial charge >= 0.3 is 204 Å². The molecule has 0 amide bonds. The molecular weight excluding hydrogens is 575 g/mol. The van der Waals surface area contributed by atoms with Gasteiger partial charge in [0.2, 0.25) is 0 Å². The predicted octanol–water partition coefficient (Wildman–Crippen LogP) is 9.99. The first-order valence-corrected chi connectivity index (χ1v) is 24.9. The van der Waals surface area contributed by atoms with Gasteiger partial charge in [0.15, 0.2) is 0 Å². The Bertz CT molecular complexity index is 962. The molecule has 2 aromatic carbocycles. The van der Waals surface area contributed by atoms with E-state index in [9.17, 15) is 0 Å². The summed E-state index contributed by atoms with van der Waals surface area (Å²) in [5, 5.41) is 0.710. The Morgan fingerprint density at radius 2 is 0.800 bits per heavy atom. The van der Waals surface area contributed by atoms with Crippen LogP contribution in [0.15, 0.2) is 67.1 Å². The molecule has 1 heterocycles. The number of rotatable bonds is 4. The minimum atomic E-state index is -1.64. The Hall–Kier alpha value is -0.631. The first-order chi connectivity index (χ1) is 15.9. The Kier molecular flexibility index (Phi) is 9.97. The van der Waals surface area contributed by atoms with Crippen LogP contribution >= 0.6 is 0 Å². The third-order valence-corrected chi connectivity index (χ3v) is 33.9. The van der Waals surface area contributed by atoms with E-state index in [1.54, 1.807) is 11.1 Å². The number of hydrogen-bond donors (Lipinski definition) is 0. The molecule has 0 unspecified atom stereocenters. The fourth-order valence-corrected chi connectivity index (χ4v) is 25.1. The zero-order valence-corrected chi connectivity index (χ0v) is 30.6. The molecule has 1 aliphatic rings. The Morgan fingerprint density at radius 1 is 0.543 bits per heavy atom. The summed E-state index contributed by atoms with van der Waals surface area (Å²) in [5.74, 6) is 0. The number of benzene rings is 2. The molecule has 2 aromatic rings. The van der Waals surface area contributed by atoms with Crippen molar-refractivity contribution >= 4 is 57.2 Å². The van der Waals surface area contributed by atoms with Gasteiger partial charge in [0.05, 0.1) is 0 Å². The van der Waals surface area contributed by atoms with E-state index in [1.165, 1.54) is 11.1 Å². The van der Waals surface area contributed by atoms with Crippen molar-refractivity contribution in [1.82, 2.24) is 0 Å². The zero-order valence-electron chi connectivity index (χ0n) is 24.8. The standard InChI is InChI=1S/C28H40Si2.C3H9Si.Sn/c1-27(2,3)29(7,8)21-25(23-17-13-11-14-18-23)26(24-19-15-12-16-20-24)22-30(9,10)28(4,5)6;1-4(2)3;/h11-20H,1-10H3;1-3H3;/q;;-1. The van der Waals surface area contributed by atoms with E-state index in [1.807, 2.05) is 6.42 Å². The van der Waals surface area contributed by atoms with Crippen LogP contribution in [0.25, 0.3) is 11.1 Å². The van der Waals surface area contributed by atoms with Crippen molar-refractivity contribution < 1.29 is 0 Å². The van der Waals surface area contributed by atoms with E-state index in [2.05, 4.69) is 148 Å². The van der Waals surface area contributed by atoms with Gasteiger partial charge in [0.25, 0.3) is 0 Å². The van der Waals surface area contributed by atoms with Gasteiger partial charge in [0, 0.05) is 8.80 Å². The van der Waals surface area contributed by atoms with Gasteiger partial charge in [-0.3, -0.25) is 0 Å². The molecule has 0 saturated carbocycles. The second-order valence-electron chi connectivity index (χ2n) is 13.6. The average molecular weight is 625 g/mol. The molecule has 190 valence electrons. The van der Waals surface area contributed by atoms with Gasteiger partial charge in [0.1, 0.15) is 0 Å². The van der Waals surface area contributed by atoms with Crippen molar-refractivity contribution in [2.45, 2.75) is 97.4 Å². The van der Waals surface area contributed by atoms with Crippen LogP contribution in [0.4, 0.5) is 0 Å². The Morgan fingerprint density at radius 3 is 1.03 bits per heavy atom. The smallest absolute Gasteiger partial charge is 0.0379 e. The molecule has 3 rings (SSSR count). The molecule has 0 nitrogen and oxygen atoms in total. The summed E-state index contributed by atoms with van der Waals surface area (Å²) in [7, 11) is -3.15. The minimum Gasteiger partial charge on any atom is -0.0715 e. The van der Waals surface area contributed by atoms with E-state index >= 15 is 0 Å². The average Bonchev–Trinajstić information content (AvgIpc) is 3.15. The summed E-state index contributed by atoms with van der Waals surface area (Å²) in [5.41, 5.74) is 6.14. The fraction of sp³-hybridized carbons (Fsp3) is 0.484. The molecule has 0 bridgehead atoms. The van der Waals surface area contributed by atoms with Crippen LogP contribution in [0.5, 0.6) is 0 Å². The Labute approximate surface area is 231 Å². The van der Waals surface area contributed by atoms with Crippen LogP contribution in [0, 0.1) is 0 Å². The maximum atomic E-state index is 2.64. The van der Waals surface area contributed by atoms with Crippen molar-refractivity contribution in [2.75, 3.05) is 0 Å². The summed E-state index contributed by atoms with van der Waals surface area (Å²) in [6.07, 6.45) is 0. The van der Waals surface area contributed by atoms with Crippen molar-refractivity contribution in [3.63, 3.8) is 0 Å². The molecule has 35 heavy (non-hydrogen) atoms. The minimum absolute atomic E-state index is 0.120. The molecule has 0 N–H and O–H groups in total. The van der Waals surface area contributed by atoms with Crippen molar-refractivity contribution in [3.8, 4) is 0 Å². The summed E-state index contributed by atoms with van der Waals surface area (Å²) in [6, 6.07) is 22.7. The molecule has 0 aromatic heterocycles. The fourth-order valence-electron chi connectivity index (χ4n) is 3.97. The molecular formula is C31H49Si3Sn-. The van der Waals surface area contributed by atoms with Gasteiger partial charge in [-0.15, -0.1) is 0 Å². The maximum absolute atomic E-state index is 2.64. The summed E-state index contributed by atoms with van der Waals surface area (Å²) >= 11 is -0.869. The topological polar surface area (TPSA) is 0 Å². The molecule has 0 saturated heterocycles. The molecule has 0 fully saturated rings. The van der Waals surface area contributed by atoms with Crippen molar-refractivity contribution in [1.29, 1.82) is 0 Å². The number of allylic oxidation sites excluding steroid dienone is 2. The van der Waals surface area contributed by atoms with Crippen LogP contribution in [-0.2, 0) is 0 Å². The van der Waals surface area contributed by atoms with Gasteiger partial charge in [-0.2, -0.15) is 0 Å². The van der Waals surface area contributed by atoms with E-state index in [0.717, 1.165) is 0 Å². The normalized spacial score (nSPS) is 15.3. The number of hydrogen-bond acceptors (Lipinski definition) is 0. The van der Waals surface area contributed by atoms with Gasteiger partial charge < -0.3 is 0 Å². The van der Waals surface area contributed by atoms with E-state index in [4.69, 9.17) is 0 Å². The van der Waals surface area contributed by atoms with Gasteiger partial charge in [-0.1, -0.05) is 19.6 Å². The molecule has 0 atom stereocenters. The van der Waals surface area contributed by atoms with E-state index in [0.29, 0.717) is 10.1 Å². The van der Waals surface area contributed by atoms with E-state index in [-0.39, 0.29) is 8.80 Å². The largest absolute Gasteiger partial charge is 0.0715 e. The van der Waals surface area contributed by atoms with Crippen molar-refractivity contribution in [2.24, 2.45) is 0 Å². The van der Waals surface area contributed by atoms with Crippen LogP contribution in [-0.4, -0.2) is 46.1 Å². The molecule has 2 radical (unpaired) electrons. The Balaban J connectivity index is 0.00000100. The van der Waals surface area contributed by atoms with Crippen LogP contribution in [0.2, 0.25) is 55.9 Å². The molecule has 0 spiro atoms. The summed E-state index contributed by atoms with van der Waals surface area (Å²) < 4.78 is 3.85. The summed E-state index contributed by atoms with van der Waals surface area (Å²) in [6.45, 7) is 32.3. The second-order valence-corrected chi connectivity index (χ2v) is 33.5. The van der Waals surface area contributed by atoms with E-state index < -0.39 is 37.3 Å². The van der Waals surface area contributed by atoms with Crippen molar-refractivity contribution in [3.05, 3.63) is 78.2 Å². The quantitative estimate of drug-likeness (QED) is 0.297. The summed E-state index contributed by atoms with van der Waals surface area (Å²) in [4.78, 5) is 0. The van der Waals surface area contributed by atoms with Crippen LogP contribution in [0.3, 0.4) is 0 Å². The SMILES string of the molecule is CC(C)(C)[Si](C)(C)[C]1=C(c2ccccc2)C(c2ccccc2)=[C]([Si](C)(C)C(C)(C)C)[Sn-]1.C[Si](C)C. The molecule has 1 aliphatic heterocycles. The van der Waals surface area contributed by atoms with Gasteiger partial charge in [-0.05, 0) is 0 Å². The monoisotopic (exact) mass is 625 g/mol. The molecule has 0 aliphatic carbocycles. The van der Waals surface area contributed by atoms with Crippen LogP contribution in [0.1, 0.15) is 52.7 Å². The predicted molar refractivity (Wildman–Crippen MR) is 170 cm³/mol. The maximum Gasteiger partial charge on any atom is 0.0379 e. The third-order valence-electron chi connectivity index (χ3n) is 8.12. The first kappa shape index (κ1) is 30.6. The molecule has 4 heteroatoms.